The molecule has 67 valence electrons. The van der Waals surface area contributed by atoms with Gasteiger partial charge in [0.15, 0.2) is 0 Å². The zero-order valence-corrected chi connectivity index (χ0v) is 7.46. The van der Waals surface area contributed by atoms with Gasteiger partial charge in [-0.1, -0.05) is 17.7 Å². The summed E-state index contributed by atoms with van der Waals surface area (Å²) in [6.07, 6.45) is 1.57. The van der Waals surface area contributed by atoms with Crippen LogP contribution in [0.3, 0.4) is 0 Å². The number of rotatable bonds is 2. The maximum absolute atomic E-state index is 10.4. The van der Waals surface area contributed by atoms with Crippen molar-refractivity contribution in [1.29, 1.82) is 0 Å². The van der Waals surface area contributed by atoms with Crippen LogP contribution in [0.4, 0.5) is 5.69 Å². The van der Waals surface area contributed by atoms with E-state index in [-0.39, 0.29) is 16.3 Å². The quantitative estimate of drug-likeness (QED) is 0.540. The second kappa shape index (κ2) is 3.53. The van der Waals surface area contributed by atoms with E-state index < -0.39 is 4.92 Å². The summed E-state index contributed by atoms with van der Waals surface area (Å²) < 4.78 is 0. The summed E-state index contributed by atoms with van der Waals surface area (Å²) in [6.45, 7) is 1.63. The third-order valence-corrected chi connectivity index (χ3v) is 2.01. The van der Waals surface area contributed by atoms with Gasteiger partial charge in [-0.15, -0.1) is 0 Å². The molecular weight excluding hydrogens is 194 g/mol. The van der Waals surface area contributed by atoms with Crippen molar-refractivity contribution in [3.05, 3.63) is 38.4 Å². The molecule has 0 aromatic heterocycles. The molecule has 13 heavy (non-hydrogen) atoms. The number of hydrogen-bond acceptors (Lipinski definition) is 3. The molecule has 0 N–H and O–H groups in total. The summed E-state index contributed by atoms with van der Waals surface area (Å²) in [5.74, 6) is 0. The number of carbonyl (C=O) groups excluding carboxylic acids is 1. The molecule has 0 amide bonds. The predicted octanol–water partition coefficient (Wildman–Crippen LogP) is 2.01. The molecule has 0 aliphatic heterocycles. The average molecular weight is 199 g/mol. The molecule has 0 bridgehead atoms. The minimum absolute atomic E-state index is 0.0517. The van der Waals surface area contributed by atoms with Gasteiger partial charge in [0.25, 0.3) is 5.69 Å². The minimum Gasteiger partial charge on any atom is -0.285 e. The lowest BCUT2D eigenvalue weighted by atomic mass is 10.1. The molecule has 0 saturated heterocycles. The van der Waals surface area contributed by atoms with E-state index in [1.165, 1.54) is 12.1 Å². The second-order valence-corrected chi connectivity index (χ2v) is 2.83. The van der Waals surface area contributed by atoms with Crippen molar-refractivity contribution in [2.75, 3.05) is 0 Å². The van der Waals surface area contributed by atoms with Crippen LogP contribution >= 0.6 is 11.6 Å². The zero-order valence-electron chi connectivity index (χ0n) is 6.70. The van der Waals surface area contributed by atoms with Crippen molar-refractivity contribution in [2.24, 2.45) is 0 Å². The molecule has 0 spiro atoms. The fraction of sp³-hybridized carbons (Fsp3) is 0.125. The van der Waals surface area contributed by atoms with E-state index in [4.69, 9.17) is 11.6 Å². The maximum Gasteiger partial charge on any atom is 0.288 e. The van der Waals surface area contributed by atoms with Gasteiger partial charge in [-0.3, -0.25) is 14.9 Å². The van der Waals surface area contributed by atoms with E-state index in [1.807, 2.05) is 0 Å². The highest BCUT2D eigenvalue weighted by atomic mass is 35.5. The molecule has 0 unspecified atom stereocenters. The van der Waals surface area contributed by atoms with Crippen LogP contribution in [-0.4, -0.2) is 11.2 Å². The highest BCUT2D eigenvalue weighted by Crippen LogP contribution is 2.28. The third kappa shape index (κ3) is 1.67. The first-order valence-corrected chi connectivity index (χ1v) is 3.77. The van der Waals surface area contributed by atoms with Crippen LogP contribution < -0.4 is 0 Å². The molecule has 0 heterocycles. The van der Waals surface area contributed by atoms with Crippen LogP contribution in [0.1, 0.15) is 11.1 Å². The zero-order chi connectivity index (χ0) is 10.0. The molecule has 4 nitrogen and oxygen atoms in total. The highest BCUT2D eigenvalue weighted by Gasteiger charge is 2.17. The van der Waals surface area contributed by atoms with Gasteiger partial charge >= 0.3 is 0 Å². The Morgan fingerprint density at radius 2 is 2.15 bits per heavy atom. The monoisotopic (exact) mass is 198 g/mol. The molecule has 0 aliphatic rings. The molecule has 1 rings (SSSR count). The molecule has 1 aromatic carbocycles. The maximum atomic E-state index is 10.4. The topological polar surface area (TPSA) is 60.2 Å². The Balaban J connectivity index is 3.44. The highest BCUT2D eigenvalue weighted by molar-refractivity contribution is 6.35. The summed E-state index contributed by atoms with van der Waals surface area (Å²) in [4.78, 5) is 20.1. The van der Waals surface area contributed by atoms with Gasteiger partial charge in [0.2, 0.25) is 6.29 Å². The SMILES string of the molecule is Cc1ccc([N+](=O)[O-])c(Cl)c1[C]=O. The fourth-order valence-corrected chi connectivity index (χ4v) is 1.25. The van der Waals surface area contributed by atoms with Crippen molar-refractivity contribution in [2.45, 2.75) is 6.92 Å². The molecular formula is C8H5ClNO3. The van der Waals surface area contributed by atoms with Crippen molar-refractivity contribution >= 4 is 23.6 Å². The van der Waals surface area contributed by atoms with E-state index in [2.05, 4.69) is 0 Å². The molecule has 1 aromatic rings. The van der Waals surface area contributed by atoms with E-state index in [9.17, 15) is 14.9 Å². The summed E-state index contributed by atoms with van der Waals surface area (Å²) in [5, 5.41) is 10.2. The summed E-state index contributed by atoms with van der Waals surface area (Å²) in [5.41, 5.74) is 0.354. The van der Waals surface area contributed by atoms with E-state index in [0.29, 0.717) is 5.56 Å². The number of nitro benzene ring substituents is 1. The van der Waals surface area contributed by atoms with Crippen LogP contribution in [0.15, 0.2) is 12.1 Å². The molecule has 5 heteroatoms. The smallest absolute Gasteiger partial charge is 0.285 e. The van der Waals surface area contributed by atoms with Crippen molar-refractivity contribution in [3.8, 4) is 0 Å². The van der Waals surface area contributed by atoms with E-state index >= 15 is 0 Å². The summed E-state index contributed by atoms with van der Waals surface area (Å²) >= 11 is 5.61. The molecule has 0 saturated carbocycles. The number of benzene rings is 1. The average Bonchev–Trinajstić information content (AvgIpc) is 2.04. The van der Waals surface area contributed by atoms with Crippen LogP contribution in [0.2, 0.25) is 5.02 Å². The Kier molecular flexibility index (Phi) is 2.63. The van der Waals surface area contributed by atoms with E-state index in [0.717, 1.165) is 0 Å². The Labute approximate surface area is 79.3 Å². The van der Waals surface area contributed by atoms with Crippen LogP contribution in [0, 0.1) is 17.0 Å². The normalized spacial score (nSPS) is 9.69. The number of nitrogens with zero attached hydrogens (tertiary/aromatic N) is 1. The second-order valence-electron chi connectivity index (χ2n) is 2.45. The van der Waals surface area contributed by atoms with Crippen molar-refractivity contribution in [1.82, 2.24) is 0 Å². The van der Waals surface area contributed by atoms with Gasteiger partial charge in [-0.2, -0.15) is 0 Å². The lowest BCUT2D eigenvalue weighted by Gasteiger charge is -2.00. The Bertz CT molecular complexity index is 376. The predicted molar refractivity (Wildman–Crippen MR) is 47.6 cm³/mol. The molecule has 0 atom stereocenters. The minimum atomic E-state index is -0.636. The lowest BCUT2D eigenvalue weighted by Crippen LogP contribution is -1.95. The van der Waals surface area contributed by atoms with Crippen molar-refractivity contribution in [3.63, 3.8) is 0 Å². The first-order valence-electron chi connectivity index (χ1n) is 3.39. The fourth-order valence-electron chi connectivity index (χ4n) is 0.928. The summed E-state index contributed by atoms with van der Waals surface area (Å²) in [6, 6.07) is 2.72. The van der Waals surface area contributed by atoms with Gasteiger partial charge in [-0.25, -0.2) is 0 Å². The third-order valence-electron chi connectivity index (χ3n) is 1.63. The Morgan fingerprint density at radius 1 is 1.54 bits per heavy atom. The van der Waals surface area contributed by atoms with Gasteiger partial charge in [0, 0.05) is 6.07 Å². The van der Waals surface area contributed by atoms with Gasteiger partial charge in [-0.05, 0) is 12.5 Å². The molecule has 0 aliphatic carbocycles. The van der Waals surface area contributed by atoms with Crippen molar-refractivity contribution < 1.29 is 9.72 Å². The Hall–Kier alpha value is -1.42. The number of nitro groups is 1. The van der Waals surface area contributed by atoms with E-state index in [1.54, 1.807) is 13.2 Å². The number of hydrogen-bond donors (Lipinski definition) is 0. The first-order chi connectivity index (χ1) is 6.07. The number of halogens is 1. The standard InChI is InChI=1S/C8H5ClNO3/c1-5-2-3-7(10(12)13)8(9)6(5)4-11/h2-3H,1H3. The van der Waals surface area contributed by atoms with Crippen LogP contribution in [-0.2, 0) is 4.79 Å². The van der Waals surface area contributed by atoms with Gasteiger partial charge in [0.05, 0.1) is 10.5 Å². The van der Waals surface area contributed by atoms with Crippen LogP contribution in [0.25, 0.3) is 0 Å². The lowest BCUT2D eigenvalue weighted by molar-refractivity contribution is -0.384. The molecule has 1 radical (unpaired) electrons. The largest absolute Gasteiger partial charge is 0.288 e. The molecule has 0 fully saturated rings. The van der Waals surface area contributed by atoms with Gasteiger partial charge in [0.1, 0.15) is 5.02 Å². The Morgan fingerprint density at radius 3 is 2.62 bits per heavy atom. The number of aryl methyl sites for hydroxylation is 1. The van der Waals surface area contributed by atoms with Gasteiger partial charge < -0.3 is 0 Å². The van der Waals surface area contributed by atoms with Crippen LogP contribution in [0.5, 0.6) is 0 Å². The summed E-state index contributed by atoms with van der Waals surface area (Å²) in [7, 11) is 0. The first kappa shape index (κ1) is 9.67.